The molecule has 78 valence electrons. The summed E-state index contributed by atoms with van der Waals surface area (Å²) in [6.07, 6.45) is 6.19. The average molecular weight is 219 g/mol. The van der Waals surface area contributed by atoms with E-state index in [0.29, 0.717) is 0 Å². The second-order valence-corrected chi connectivity index (χ2v) is 4.17. The normalized spacial score (nSPS) is 10.2. The molecule has 3 nitrogen and oxygen atoms in total. The van der Waals surface area contributed by atoms with Gasteiger partial charge in [-0.15, -0.1) is 11.3 Å². The standard InChI is InChI=1S/C11H13N3S/c1-2-9-3-6-15-10(9)7-14-11-8-12-4-5-13-11/h3-6,8H,2,7H2,1H3,(H,13,14). The van der Waals surface area contributed by atoms with Crippen LogP contribution in [0.3, 0.4) is 0 Å². The zero-order valence-electron chi connectivity index (χ0n) is 8.60. The molecule has 15 heavy (non-hydrogen) atoms. The van der Waals surface area contributed by atoms with Crippen LogP contribution in [-0.2, 0) is 13.0 Å². The summed E-state index contributed by atoms with van der Waals surface area (Å²) >= 11 is 1.78. The maximum atomic E-state index is 4.16. The Labute approximate surface area is 93.2 Å². The third-order valence-electron chi connectivity index (χ3n) is 2.21. The van der Waals surface area contributed by atoms with E-state index in [2.05, 4.69) is 33.7 Å². The van der Waals surface area contributed by atoms with Gasteiger partial charge in [0, 0.05) is 17.3 Å². The molecule has 0 aromatic carbocycles. The summed E-state index contributed by atoms with van der Waals surface area (Å²) in [5.41, 5.74) is 1.41. The van der Waals surface area contributed by atoms with E-state index in [1.807, 2.05) is 0 Å². The van der Waals surface area contributed by atoms with Gasteiger partial charge in [-0.1, -0.05) is 6.92 Å². The number of hydrogen-bond donors (Lipinski definition) is 1. The third-order valence-corrected chi connectivity index (χ3v) is 3.18. The number of thiophene rings is 1. The number of aryl methyl sites for hydroxylation is 1. The second-order valence-electron chi connectivity index (χ2n) is 3.17. The lowest BCUT2D eigenvalue weighted by atomic mass is 10.2. The van der Waals surface area contributed by atoms with Gasteiger partial charge in [-0.2, -0.15) is 0 Å². The number of anilines is 1. The Kier molecular flexibility index (Phi) is 3.29. The molecule has 0 radical (unpaired) electrons. The van der Waals surface area contributed by atoms with Crippen LogP contribution < -0.4 is 5.32 Å². The lowest BCUT2D eigenvalue weighted by Gasteiger charge is -2.04. The molecule has 0 saturated carbocycles. The van der Waals surface area contributed by atoms with Gasteiger partial charge in [0.25, 0.3) is 0 Å². The minimum atomic E-state index is 0.827. The first-order valence-electron chi connectivity index (χ1n) is 4.95. The fraction of sp³-hybridized carbons (Fsp3) is 0.273. The van der Waals surface area contributed by atoms with Gasteiger partial charge in [0.2, 0.25) is 0 Å². The monoisotopic (exact) mass is 219 g/mol. The van der Waals surface area contributed by atoms with E-state index < -0.39 is 0 Å². The van der Waals surface area contributed by atoms with Crippen LogP contribution >= 0.6 is 11.3 Å². The van der Waals surface area contributed by atoms with E-state index in [-0.39, 0.29) is 0 Å². The predicted molar refractivity (Wildman–Crippen MR) is 63.1 cm³/mol. The molecule has 2 heterocycles. The molecular formula is C11H13N3S. The minimum Gasteiger partial charge on any atom is -0.364 e. The van der Waals surface area contributed by atoms with Crippen LogP contribution in [0.2, 0.25) is 0 Å². The van der Waals surface area contributed by atoms with Gasteiger partial charge in [-0.05, 0) is 23.4 Å². The molecule has 0 spiro atoms. The Morgan fingerprint density at radius 1 is 1.40 bits per heavy atom. The van der Waals surface area contributed by atoms with Crippen molar-refractivity contribution in [1.82, 2.24) is 9.97 Å². The minimum absolute atomic E-state index is 0.827. The first kappa shape index (κ1) is 10.1. The summed E-state index contributed by atoms with van der Waals surface area (Å²) in [7, 11) is 0. The number of nitrogens with zero attached hydrogens (tertiary/aromatic N) is 2. The van der Waals surface area contributed by atoms with E-state index in [1.165, 1.54) is 10.4 Å². The van der Waals surface area contributed by atoms with E-state index in [9.17, 15) is 0 Å². The highest BCUT2D eigenvalue weighted by molar-refractivity contribution is 7.10. The maximum absolute atomic E-state index is 4.16. The lowest BCUT2D eigenvalue weighted by Crippen LogP contribution is -2.01. The zero-order valence-corrected chi connectivity index (χ0v) is 9.42. The molecule has 2 rings (SSSR count). The van der Waals surface area contributed by atoms with Gasteiger partial charge in [0.15, 0.2) is 0 Å². The summed E-state index contributed by atoms with van der Waals surface area (Å²) in [5.74, 6) is 0.827. The molecule has 0 unspecified atom stereocenters. The molecule has 0 aliphatic heterocycles. The molecule has 2 aromatic rings. The lowest BCUT2D eigenvalue weighted by molar-refractivity contribution is 1.06. The van der Waals surface area contributed by atoms with Crippen molar-refractivity contribution in [1.29, 1.82) is 0 Å². The van der Waals surface area contributed by atoms with Gasteiger partial charge in [-0.3, -0.25) is 4.98 Å². The van der Waals surface area contributed by atoms with Crippen LogP contribution in [0.25, 0.3) is 0 Å². The van der Waals surface area contributed by atoms with Gasteiger partial charge < -0.3 is 5.32 Å². The summed E-state index contributed by atoms with van der Waals surface area (Å²) < 4.78 is 0. The summed E-state index contributed by atoms with van der Waals surface area (Å²) in [6.45, 7) is 3.01. The molecule has 0 aliphatic rings. The van der Waals surface area contributed by atoms with Gasteiger partial charge in [-0.25, -0.2) is 4.98 Å². The first-order valence-corrected chi connectivity index (χ1v) is 5.83. The van der Waals surface area contributed by atoms with Crippen molar-refractivity contribution in [3.8, 4) is 0 Å². The van der Waals surface area contributed by atoms with Crippen molar-refractivity contribution in [2.45, 2.75) is 19.9 Å². The van der Waals surface area contributed by atoms with Gasteiger partial charge >= 0.3 is 0 Å². The zero-order chi connectivity index (χ0) is 10.5. The van der Waals surface area contributed by atoms with Crippen molar-refractivity contribution in [2.24, 2.45) is 0 Å². The summed E-state index contributed by atoms with van der Waals surface area (Å²) in [6, 6.07) is 2.18. The molecule has 0 fully saturated rings. The van der Waals surface area contributed by atoms with Crippen LogP contribution in [0.4, 0.5) is 5.82 Å². The highest BCUT2D eigenvalue weighted by Crippen LogP contribution is 2.18. The second kappa shape index (κ2) is 4.89. The van der Waals surface area contributed by atoms with Crippen LogP contribution in [0.15, 0.2) is 30.0 Å². The van der Waals surface area contributed by atoms with Crippen molar-refractivity contribution < 1.29 is 0 Å². The smallest absolute Gasteiger partial charge is 0.144 e. The van der Waals surface area contributed by atoms with Gasteiger partial charge in [0.1, 0.15) is 5.82 Å². The molecule has 0 bridgehead atoms. The Hall–Kier alpha value is -1.42. The Morgan fingerprint density at radius 2 is 2.33 bits per heavy atom. The largest absolute Gasteiger partial charge is 0.364 e. The molecular weight excluding hydrogens is 206 g/mol. The average Bonchev–Trinajstić information content (AvgIpc) is 2.75. The van der Waals surface area contributed by atoms with E-state index in [0.717, 1.165) is 18.8 Å². The Balaban J connectivity index is 1.99. The molecule has 0 saturated heterocycles. The summed E-state index contributed by atoms with van der Waals surface area (Å²) in [4.78, 5) is 9.55. The Bertz CT molecular complexity index is 411. The summed E-state index contributed by atoms with van der Waals surface area (Å²) in [5, 5.41) is 5.39. The maximum Gasteiger partial charge on any atom is 0.144 e. The predicted octanol–water partition coefficient (Wildman–Crippen LogP) is 2.71. The topological polar surface area (TPSA) is 37.8 Å². The van der Waals surface area contributed by atoms with E-state index >= 15 is 0 Å². The number of hydrogen-bond acceptors (Lipinski definition) is 4. The van der Waals surface area contributed by atoms with Gasteiger partial charge in [0.05, 0.1) is 12.7 Å². The van der Waals surface area contributed by atoms with Crippen LogP contribution in [0.5, 0.6) is 0 Å². The van der Waals surface area contributed by atoms with Crippen molar-refractivity contribution in [2.75, 3.05) is 5.32 Å². The van der Waals surface area contributed by atoms with E-state index in [4.69, 9.17) is 0 Å². The molecule has 2 aromatic heterocycles. The number of rotatable bonds is 4. The van der Waals surface area contributed by atoms with Crippen molar-refractivity contribution in [3.63, 3.8) is 0 Å². The highest BCUT2D eigenvalue weighted by Gasteiger charge is 2.01. The quantitative estimate of drug-likeness (QED) is 0.859. The highest BCUT2D eigenvalue weighted by atomic mass is 32.1. The fourth-order valence-corrected chi connectivity index (χ4v) is 2.31. The first-order chi connectivity index (χ1) is 7.40. The molecule has 0 amide bonds. The SMILES string of the molecule is CCc1ccsc1CNc1cnccn1. The van der Waals surface area contributed by atoms with Crippen LogP contribution in [0, 0.1) is 0 Å². The molecule has 0 aliphatic carbocycles. The van der Waals surface area contributed by atoms with Crippen LogP contribution in [-0.4, -0.2) is 9.97 Å². The van der Waals surface area contributed by atoms with Crippen molar-refractivity contribution >= 4 is 17.2 Å². The van der Waals surface area contributed by atoms with Crippen LogP contribution in [0.1, 0.15) is 17.4 Å². The van der Waals surface area contributed by atoms with Crippen molar-refractivity contribution in [3.05, 3.63) is 40.5 Å². The molecule has 4 heteroatoms. The molecule has 1 N–H and O–H groups in total. The Morgan fingerprint density at radius 3 is 3.07 bits per heavy atom. The third kappa shape index (κ3) is 2.53. The van der Waals surface area contributed by atoms with E-state index in [1.54, 1.807) is 29.9 Å². The fourth-order valence-electron chi connectivity index (χ4n) is 1.40. The number of nitrogens with one attached hydrogen (secondary N) is 1. The number of aromatic nitrogens is 2. The molecule has 0 atom stereocenters.